The lowest BCUT2D eigenvalue weighted by atomic mass is 10.0. The number of nitrogens with one attached hydrogen (secondary N) is 2. The summed E-state index contributed by atoms with van der Waals surface area (Å²) in [7, 11) is 0. The monoisotopic (exact) mass is 464 g/mol. The van der Waals surface area contributed by atoms with E-state index < -0.39 is 0 Å². The summed E-state index contributed by atoms with van der Waals surface area (Å²) in [4.78, 5) is 29.0. The first-order valence-corrected chi connectivity index (χ1v) is 10.8. The van der Waals surface area contributed by atoms with Gasteiger partial charge in [-0.2, -0.15) is 0 Å². The molecular weight excluding hydrogens is 447 g/mol. The number of nitrogens with zero attached hydrogens (tertiary/aromatic N) is 4. The first-order chi connectivity index (χ1) is 16.1. The third kappa shape index (κ3) is 3.37. The molecule has 0 bridgehead atoms. The number of imidazole rings is 2. The van der Waals surface area contributed by atoms with Gasteiger partial charge in [0.05, 0.1) is 41.8 Å². The van der Waals surface area contributed by atoms with Gasteiger partial charge in [-0.05, 0) is 36.4 Å². The quantitative estimate of drug-likeness (QED) is 0.423. The van der Waals surface area contributed by atoms with Crippen LogP contribution < -0.4 is 10.6 Å². The molecule has 3 aromatic heterocycles. The fraction of sp³-hybridized carbons (Fsp3) is 0.174. The number of anilines is 1. The van der Waals surface area contributed by atoms with Crippen LogP contribution >= 0.6 is 11.6 Å². The Morgan fingerprint density at radius 2 is 1.73 bits per heavy atom. The Morgan fingerprint density at radius 1 is 1.00 bits per heavy atom. The van der Waals surface area contributed by atoms with Gasteiger partial charge in [-0.1, -0.05) is 17.7 Å². The van der Waals surface area contributed by atoms with Crippen molar-refractivity contribution in [1.29, 1.82) is 0 Å². The fourth-order valence-corrected chi connectivity index (χ4v) is 4.47. The van der Waals surface area contributed by atoms with Gasteiger partial charge in [0.25, 0.3) is 0 Å². The van der Waals surface area contributed by atoms with Gasteiger partial charge in [-0.25, -0.2) is 19.2 Å². The SMILES string of the molecule is O=c1[nH]c2ccc(-c3c(-c4ccc(F)cc4)nc4c(N5CCOCC5)ncc(Cl)n34)cc2[nH]1. The molecule has 1 fully saturated rings. The number of H-pyrrole nitrogens is 2. The second-order valence-corrected chi connectivity index (χ2v) is 8.21. The molecule has 1 aliphatic rings. The Bertz CT molecular complexity index is 1550. The highest BCUT2D eigenvalue weighted by molar-refractivity contribution is 6.30. The van der Waals surface area contributed by atoms with Crippen LogP contribution in [-0.4, -0.2) is 50.6 Å². The zero-order valence-electron chi connectivity index (χ0n) is 17.3. The first kappa shape index (κ1) is 20.0. The molecule has 166 valence electrons. The van der Waals surface area contributed by atoms with E-state index in [1.165, 1.54) is 12.1 Å². The standard InChI is InChI=1S/C23H18ClFN6O2/c24-18-12-26-21(30-7-9-33-10-8-30)22-29-19(13-1-4-15(25)5-2-13)20(31(18)22)14-3-6-16-17(11-14)28-23(32)27-16/h1-6,11-12H,7-10H2,(H2,27,28,32). The molecular formula is C23H18ClFN6O2. The van der Waals surface area contributed by atoms with Crippen molar-refractivity contribution in [3.8, 4) is 22.5 Å². The number of aromatic amines is 2. The molecule has 0 aliphatic carbocycles. The van der Waals surface area contributed by atoms with E-state index in [0.717, 1.165) is 16.8 Å². The molecule has 0 radical (unpaired) electrons. The molecule has 1 saturated heterocycles. The minimum atomic E-state index is -0.330. The lowest BCUT2D eigenvalue weighted by molar-refractivity contribution is 0.122. The lowest BCUT2D eigenvalue weighted by Gasteiger charge is -2.28. The van der Waals surface area contributed by atoms with Crippen LogP contribution in [0.2, 0.25) is 5.15 Å². The third-order valence-corrected chi connectivity index (χ3v) is 6.07. The van der Waals surface area contributed by atoms with Crippen molar-refractivity contribution in [3.05, 3.63) is 70.1 Å². The Kier molecular flexibility index (Phi) is 4.67. The molecule has 2 aromatic carbocycles. The van der Waals surface area contributed by atoms with E-state index in [2.05, 4.69) is 19.9 Å². The minimum Gasteiger partial charge on any atom is -0.378 e. The molecule has 0 atom stereocenters. The highest BCUT2D eigenvalue weighted by Gasteiger charge is 2.24. The Hall–Kier alpha value is -3.69. The lowest BCUT2D eigenvalue weighted by Crippen LogP contribution is -2.37. The van der Waals surface area contributed by atoms with Gasteiger partial charge < -0.3 is 19.6 Å². The van der Waals surface area contributed by atoms with E-state index in [4.69, 9.17) is 21.3 Å². The first-order valence-electron chi connectivity index (χ1n) is 10.5. The molecule has 0 spiro atoms. The zero-order valence-corrected chi connectivity index (χ0v) is 18.1. The van der Waals surface area contributed by atoms with Gasteiger partial charge in [-0.3, -0.25) is 4.40 Å². The average molecular weight is 465 g/mol. The second-order valence-electron chi connectivity index (χ2n) is 7.82. The van der Waals surface area contributed by atoms with Crippen LogP contribution in [0.3, 0.4) is 0 Å². The van der Waals surface area contributed by atoms with Crippen molar-refractivity contribution in [3.63, 3.8) is 0 Å². The number of rotatable bonds is 3. The molecule has 0 amide bonds. The summed E-state index contributed by atoms with van der Waals surface area (Å²) in [5, 5.41) is 0.389. The number of hydrogen-bond donors (Lipinski definition) is 2. The highest BCUT2D eigenvalue weighted by atomic mass is 35.5. The summed E-state index contributed by atoms with van der Waals surface area (Å²) in [5.41, 5.74) is 4.57. The topological polar surface area (TPSA) is 91.3 Å². The smallest absolute Gasteiger partial charge is 0.323 e. The van der Waals surface area contributed by atoms with Crippen LogP contribution in [0.25, 0.3) is 39.2 Å². The maximum atomic E-state index is 13.7. The van der Waals surface area contributed by atoms with E-state index in [-0.39, 0.29) is 11.5 Å². The molecule has 4 heterocycles. The van der Waals surface area contributed by atoms with Crippen molar-refractivity contribution >= 4 is 34.1 Å². The van der Waals surface area contributed by atoms with Crippen molar-refractivity contribution in [2.45, 2.75) is 0 Å². The molecule has 2 N–H and O–H groups in total. The Morgan fingerprint density at radius 3 is 2.52 bits per heavy atom. The summed E-state index contributed by atoms with van der Waals surface area (Å²) in [6, 6.07) is 11.8. The molecule has 1 aliphatic heterocycles. The number of halogens is 2. The van der Waals surface area contributed by atoms with Crippen LogP contribution in [0.5, 0.6) is 0 Å². The summed E-state index contributed by atoms with van der Waals surface area (Å²) in [5.74, 6) is 0.373. The van der Waals surface area contributed by atoms with Gasteiger partial charge in [-0.15, -0.1) is 0 Å². The van der Waals surface area contributed by atoms with E-state index in [9.17, 15) is 9.18 Å². The summed E-state index contributed by atoms with van der Waals surface area (Å²) in [6.45, 7) is 2.59. The third-order valence-electron chi connectivity index (χ3n) is 5.80. The van der Waals surface area contributed by atoms with E-state index in [0.29, 0.717) is 59.6 Å². The number of hydrogen-bond acceptors (Lipinski definition) is 5. The van der Waals surface area contributed by atoms with Crippen LogP contribution in [0.1, 0.15) is 0 Å². The van der Waals surface area contributed by atoms with Crippen molar-refractivity contribution in [2.75, 3.05) is 31.2 Å². The normalized spacial score (nSPS) is 14.4. The Labute approximate surface area is 191 Å². The molecule has 0 unspecified atom stereocenters. The molecule has 6 rings (SSSR count). The van der Waals surface area contributed by atoms with Crippen molar-refractivity contribution in [1.82, 2.24) is 24.3 Å². The summed E-state index contributed by atoms with van der Waals surface area (Å²) >= 11 is 6.66. The number of ether oxygens (including phenoxy) is 1. The number of morpholine rings is 1. The predicted molar refractivity (Wildman–Crippen MR) is 124 cm³/mol. The largest absolute Gasteiger partial charge is 0.378 e. The van der Waals surface area contributed by atoms with Gasteiger partial charge in [0.1, 0.15) is 11.0 Å². The van der Waals surface area contributed by atoms with Gasteiger partial charge in [0, 0.05) is 24.2 Å². The maximum Gasteiger partial charge on any atom is 0.323 e. The molecule has 8 nitrogen and oxygen atoms in total. The molecule has 10 heteroatoms. The highest BCUT2D eigenvalue weighted by Crippen LogP contribution is 2.37. The zero-order chi connectivity index (χ0) is 22.5. The van der Waals surface area contributed by atoms with E-state index in [1.54, 1.807) is 18.3 Å². The fourth-order valence-electron chi connectivity index (χ4n) is 4.26. The predicted octanol–water partition coefficient (Wildman–Crippen LogP) is 3.86. The average Bonchev–Trinajstić information content (AvgIpc) is 3.40. The maximum absolute atomic E-state index is 13.7. The van der Waals surface area contributed by atoms with Gasteiger partial charge >= 0.3 is 5.69 Å². The second kappa shape index (κ2) is 7.72. The summed E-state index contributed by atoms with van der Waals surface area (Å²) < 4.78 is 21.0. The van der Waals surface area contributed by atoms with Gasteiger partial charge in [0.2, 0.25) is 0 Å². The Balaban J connectivity index is 1.66. The molecule has 0 saturated carbocycles. The number of aromatic nitrogens is 5. The molecule has 5 aromatic rings. The van der Waals surface area contributed by atoms with Crippen LogP contribution in [0.4, 0.5) is 10.2 Å². The van der Waals surface area contributed by atoms with Crippen LogP contribution in [0.15, 0.2) is 53.5 Å². The summed E-state index contributed by atoms with van der Waals surface area (Å²) in [6.07, 6.45) is 1.61. The van der Waals surface area contributed by atoms with Crippen LogP contribution in [-0.2, 0) is 4.74 Å². The van der Waals surface area contributed by atoms with E-state index >= 15 is 0 Å². The van der Waals surface area contributed by atoms with Gasteiger partial charge in [0.15, 0.2) is 11.5 Å². The number of benzene rings is 2. The molecule has 33 heavy (non-hydrogen) atoms. The number of fused-ring (bicyclic) bond motifs is 2. The van der Waals surface area contributed by atoms with Crippen molar-refractivity contribution < 1.29 is 9.13 Å². The van der Waals surface area contributed by atoms with E-state index in [1.807, 2.05) is 22.6 Å². The van der Waals surface area contributed by atoms with Crippen molar-refractivity contribution in [2.24, 2.45) is 0 Å². The van der Waals surface area contributed by atoms with Crippen LogP contribution in [0, 0.1) is 5.82 Å². The minimum absolute atomic E-state index is 0.282.